The molecule has 5 heteroatoms. The first-order chi connectivity index (χ1) is 11.9. The third-order valence-corrected chi connectivity index (χ3v) is 4.89. The molecule has 2 aromatic carbocycles. The summed E-state index contributed by atoms with van der Waals surface area (Å²) in [6, 6.07) is 15.4. The van der Waals surface area contributed by atoms with E-state index in [0.717, 1.165) is 16.7 Å². The van der Waals surface area contributed by atoms with Gasteiger partial charge in [-0.15, -0.1) is 0 Å². The predicted octanol–water partition coefficient (Wildman–Crippen LogP) is 5.79. The smallest absolute Gasteiger partial charge is 0.142 e. The molecule has 0 aliphatic rings. The number of aromatic nitrogens is 1. The van der Waals surface area contributed by atoms with Crippen LogP contribution < -0.4 is 5.73 Å². The minimum Gasteiger partial charge on any atom is -0.383 e. The average Bonchev–Trinajstić information content (AvgIpc) is 2.59. The fraction of sp³-hybridized carbons (Fsp3) is 0.100. The number of benzene rings is 2. The Morgan fingerprint density at radius 1 is 1.00 bits per heavy atom. The van der Waals surface area contributed by atoms with E-state index in [4.69, 9.17) is 28.9 Å². The quantitative estimate of drug-likeness (QED) is 0.622. The standard InChI is InChI=1S/C20H15Cl2N3/c1-11-6-7-12(2)14(8-11)18-9-15(16(10-23)20(24)25-18)13-4-3-5-17(21)19(13)22/h3-9H,1-2H3,(H2,24,25). The van der Waals surface area contributed by atoms with Crippen LogP contribution >= 0.6 is 23.2 Å². The lowest BCUT2D eigenvalue weighted by atomic mass is 9.96. The number of nitrogen functional groups attached to an aromatic ring is 1. The molecule has 0 saturated heterocycles. The molecule has 0 bridgehead atoms. The summed E-state index contributed by atoms with van der Waals surface area (Å²) in [4.78, 5) is 4.43. The first-order valence-electron chi connectivity index (χ1n) is 7.65. The van der Waals surface area contributed by atoms with Crippen molar-refractivity contribution >= 4 is 29.0 Å². The largest absolute Gasteiger partial charge is 0.383 e. The van der Waals surface area contributed by atoms with Crippen molar-refractivity contribution in [2.45, 2.75) is 13.8 Å². The fourth-order valence-corrected chi connectivity index (χ4v) is 3.16. The number of hydrogen-bond donors (Lipinski definition) is 1. The molecule has 0 aliphatic heterocycles. The molecule has 1 heterocycles. The van der Waals surface area contributed by atoms with Crippen LogP contribution in [-0.2, 0) is 0 Å². The van der Waals surface area contributed by atoms with Gasteiger partial charge < -0.3 is 5.73 Å². The molecule has 3 aromatic rings. The van der Waals surface area contributed by atoms with Gasteiger partial charge in [0.15, 0.2) is 0 Å². The second kappa shape index (κ2) is 6.76. The Balaban J connectivity index is 2.33. The van der Waals surface area contributed by atoms with Crippen molar-refractivity contribution in [2.24, 2.45) is 0 Å². The van der Waals surface area contributed by atoms with Crippen LogP contribution in [0.3, 0.4) is 0 Å². The van der Waals surface area contributed by atoms with E-state index in [2.05, 4.69) is 11.1 Å². The number of aryl methyl sites for hydroxylation is 2. The zero-order valence-electron chi connectivity index (χ0n) is 13.8. The number of nitriles is 1. The summed E-state index contributed by atoms with van der Waals surface area (Å²) in [7, 11) is 0. The van der Waals surface area contributed by atoms with Gasteiger partial charge in [-0.1, -0.05) is 53.0 Å². The SMILES string of the molecule is Cc1ccc(C)c(-c2cc(-c3cccc(Cl)c3Cl)c(C#N)c(N)n2)c1. The zero-order valence-corrected chi connectivity index (χ0v) is 15.3. The summed E-state index contributed by atoms with van der Waals surface area (Å²) in [5.74, 6) is 0.173. The van der Waals surface area contributed by atoms with E-state index in [0.29, 0.717) is 32.4 Å². The molecule has 3 nitrogen and oxygen atoms in total. The number of pyridine rings is 1. The lowest BCUT2D eigenvalue weighted by molar-refractivity contribution is 1.28. The topological polar surface area (TPSA) is 62.7 Å². The van der Waals surface area contributed by atoms with Gasteiger partial charge in [0.05, 0.1) is 15.7 Å². The number of nitrogens with zero attached hydrogens (tertiary/aromatic N) is 2. The van der Waals surface area contributed by atoms with Crippen LogP contribution in [0.2, 0.25) is 10.0 Å². The molecule has 0 radical (unpaired) electrons. The molecule has 0 atom stereocenters. The maximum atomic E-state index is 9.53. The summed E-state index contributed by atoms with van der Waals surface area (Å²) in [6.45, 7) is 4.03. The van der Waals surface area contributed by atoms with Crippen molar-refractivity contribution in [3.63, 3.8) is 0 Å². The molecule has 0 saturated carbocycles. The number of halogens is 2. The molecule has 2 N–H and O–H groups in total. The highest BCUT2D eigenvalue weighted by molar-refractivity contribution is 6.43. The van der Waals surface area contributed by atoms with Gasteiger partial charge >= 0.3 is 0 Å². The Hall–Kier alpha value is -2.54. The van der Waals surface area contributed by atoms with Crippen LogP contribution in [-0.4, -0.2) is 4.98 Å². The van der Waals surface area contributed by atoms with Crippen LogP contribution in [0.25, 0.3) is 22.4 Å². The monoisotopic (exact) mass is 367 g/mol. The molecule has 0 aliphatic carbocycles. The Morgan fingerprint density at radius 2 is 1.76 bits per heavy atom. The Labute approximate surface area is 156 Å². The molecule has 3 rings (SSSR count). The number of anilines is 1. The van der Waals surface area contributed by atoms with E-state index in [-0.39, 0.29) is 5.82 Å². The van der Waals surface area contributed by atoms with Gasteiger partial charge in [0.2, 0.25) is 0 Å². The highest BCUT2D eigenvalue weighted by atomic mass is 35.5. The minimum atomic E-state index is 0.173. The lowest BCUT2D eigenvalue weighted by Gasteiger charge is -2.13. The fourth-order valence-electron chi connectivity index (χ4n) is 2.76. The van der Waals surface area contributed by atoms with Crippen LogP contribution in [0.5, 0.6) is 0 Å². The normalized spacial score (nSPS) is 10.5. The van der Waals surface area contributed by atoms with E-state index < -0.39 is 0 Å². The summed E-state index contributed by atoms with van der Waals surface area (Å²) >= 11 is 12.5. The van der Waals surface area contributed by atoms with Crippen LogP contribution in [0, 0.1) is 25.2 Å². The van der Waals surface area contributed by atoms with Crippen molar-refractivity contribution in [1.82, 2.24) is 4.98 Å². The van der Waals surface area contributed by atoms with Crippen LogP contribution in [0.4, 0.5) is 5.82 Å². The summed E-state index contributed by atoms with van der Waals surface area (Å²) < 4.78 is 0. The predicted molar refractivity (Wildman–Crippen MR) is 104 cm³/mol. The van der Waals surface area contributed by atoms with Gasteiger partial charge in [-0.2, -0.15) is 5.26 Å². The van der Waals surface area contributed by atoms with Crippen LogP contribution in [0.1, 0.15) is 16.7 Å². The lowest BCUT2D eigenvalue weighted by Crippen LogP contribution is -2.01. The second-order valence-electron chi connectivity index (χ2n) is 5.85. The first kappa shape index (κ1) is 17.3. The summed E-state index contributed by atoms with van der Waals surface area (Å²) in [6.07, 6.45) is 0. The number of hydrogen-bond acceptors (Lipinski definition) is 3. The van der Waals surface area contributed by atoms with Crippen molar-refractivity contribution in [3.8, 4) is 28.5 Å². The van der Waals surface area contributed by atoms with Gasteiger partial charge in [0, 0.05) is 16.7 Å². The third-order valence-electron chi connectivity index (χ3n) is 4.07. The maximum absolute atomic E-state index is 9.53. The third kappa shape index (κ3) is 3.19. The van der Waals surface area contributed by atoms with Crippen molar-refractivity contribution < 1.29 is 0 Å². The molecule has 0 fully saturated rings. The van der Waals surface area contributed by atoms with Gasteiger partial charge in [0.25, 0.3) is 0 Å². The minimum absolute atomic E-state index is 0.173. The second-order valence-corrected chi connectivity index (χ2v) is 6.63. The average molecular weight is 368 g/mol. The number of nitrogens with two attached hydrogens (primary N) is 1. The molecule has 124 valence electrons. The van der Waals surface area contributed by atoms with Gasteiger partial charge in [-0.05, 0) is 37.6 Å². The Bertz CT molecular complexity index is 1020. The number of rotatable bonds is 2. The Kier molecular flexibility index (Phi) is 4.67. The summed E-state index contributed by atoms with van der Waals surface area (Å²) in [5, 5.41) is 10.3. The molecular weight excluding hydrogens is 353 g/mol. The van der Waals surface area contributed by atoms with E-state index in [1.54, 1.807) is 12.1 Å². The van der Waals surface area contributed by atoms with Crippen LogP contribution in [0.15, 0.2) is 42.5 Å². The zero-order chi connectivity index (χ0) is 18.1. The van der Waals surface area contributed by atoms with Gasteiger partial charge in [-0.25, -0.2) is 4.98 Å². The van der Waals surface area contributed by atoms with E-state index >= 15 is 0 Å². The molecule has 0 amide bonds. The van der Waals surface area contributed by atoms with E-state index in [1.165, 1.54) is 0 Å². The molecule has 25 heavy (non-hydrogen) atoms. The molecular formula is C20H15Cl2N3. The van der Waals surface area contributed by atoms with Crippen molar-refractivity contribution in [1.29, 1.82) is 5.26 Å². The Morgan fingerprint density at radius 3 is 2.48 bits per heavy atom. The van der Waals surface area contributed by atoms with E-state index in [9.17, 15) is 5.26 Å². The maximum Gasteiger partial charge on any atom is 0.142 e. The summed E-state index contributed by atoms with van der Waals surface area (Å²) in [5.41, 5.74) is 11.5. The van der Waals surface area contributed by atoms with Crippen molar-refractivity contribution in [2.75, 3.05) is 5.73 Å². The van der Waals surface area contributed by atoms with E-state index in [1.807, 2.05) is 44.2 Å². The molecule has 0 spiro atoms. The molecule has 0 unspecified atom stereocenters. The first-order valence-corrected chi connectivity index (χ1v) is 8.40. The highest BCUT2D eigenvalue weighted by Crippen LogP contribution is 2.38. The molecule has 1 aromatic heterocycles. The van der Waals surface area contributed by atoms with Gasteiger partial charge in [-0.3, -0.25) is 0 Å². The highest BCUT2D eigenvalue weighted by Gasteiger charge is 2.17. The van der Waals surface area contributed by atoms with Gasteiger partial charge in [0.1, 0.15) is 17.5 Å². The van der Waals surface area contributed by atoms with Crippen molar-refractivity contribution in [3.05, 3.63) is 69.2 Å².